The molecule has 1 aliphatic heterocycles. The first-order valence-electron chi connectivity index (χ1n) is 9.99. The number of aryl methyl sites for hydroxylation is 1. The molecule has 0 bridgehead atoms. The summed E-state index contributed by atoms with van der Waals surface area (Å²) >= 11 is 6.60. The van der Waals surface area contributed by atoms with Gasteiger partial charge in [-0.3, -0.25) is 0 Å². The lowest BCUT2D eigenvalue weighted by molar-refractivity contribution is 0.204. The van der Waals surface area contributed by atoms with Crippen molar-refractivity contribution in [2.75, 3.05) is 37.0 Å². The number of hydrogen-bond acceptors (Lipinski definition) is 7. The van der Waals surface area contributed by atoms with Gasteiger partial charge in [0.15, 0.2) is 5.82 Å². The second kappa shape index (κ2) is 8.42. The van der Waals surface area contributed by atoms with Crippen LogP contribution in [0, 0.1) is 12.3 Å². The smallest absolute Gasteiger partial charge is 0.153 e. The van der Waals surface area contributed by atoms with Crippen LogP contribution in [-0.4, -0.2) is 53.3 Å². The standard InChI is InChI=1S/C21H31ClN6O/c1-13-18(15-6-9-24-20(17(15)22)27(4)5)26-16(12-29)19(25-13)28-10-7-21(3,8-11-28)14(2)23/h6,9,14,29H,7-8,10-12,23H2,1-5H3. The van der Waals surface area contributed by atoms with Gasteiger partial charge in [-0.2, -0.15) is 0 Å². The second-order valence-corrected chi connectivity index (χ2v) is 8.78. The fourth-order valence-electron chi connectivity index (χ4n) is 3.77. The Morgan fingerprint density at radius 1 is 1.31 bits per heavy atom. The van der Waals surface area contributed by atoms with E-state index >= 15 is 0 Å². The summed E-state index contributed by atoms with van der Waals surface area (Å²) in [5.41, 5.74) is 9.09. The molecule has 1 saturated heterocycles. The molecule has 2 aromatic rings. The molecule has 1 fully saturated rings. The van der Waals surface area contributed by atoms with E-state index in [0.29, 0.717) is 22.2 Å². The Balaban J connectivity index is 1.97. The number of piperidine rings is 1. The van der Waals surface area contributed by atoms with Crippen molar-refractivity contribution in [3.8, 4) is 11.3 Å². The van der Waals surface area contributed by atoms with Gasteiger partial charge in [0, 0.05) is 45.0 Å². The second-order valence-electron chi connectivity index (χ2n) is 8.41. The van der Waals surface area contributed by atoms with E-state index in [2.05, 4.69) is 23.7 Å². The lowest BCUT2D eigenvalue weighted by Crippen LogP contribution is -2.47. The number of pyridine rings is 1. The van der Waals surface area contributed by atoms with E-state index < -0.39 is 0 Å². The zero-order chi connectivity index (χ0) is 21.3. The molecule has 0 spiro atoms. The molecule has 0 radical (unpaired) electrons. The molecule has 0 aliphatic carbocycles. The first kappa shape index (κ1) is 21.7. The summed E-state index contributed by atoms with van der Waals surface area (Å²) in [5.74, 6) is 1.42. The van der Waals surface area contributed by atoms with E-state index in [1.165, 1.54) is 0 Å². The predicted octanol–water partition coefficient (Wildman–Crippen LogP) is 3.01. The number of hydrogen-bond donors (Lipinski definition) is 2. The van der Waals surface area contributed by atoms with E-state index in [-0.39, 0.29) is 18.1 Å². The Labute approximate surface area is 177 Å². The van der Waals surface area contributed by atoms with Crippen LogP contribution in [0.3, 0.4) is 0 Å². The third-order valence-electron chi connectivity index (χ3n) is 6.12. The van der Waals surface area contributed by atoms with Crippen molar-refractivity contribution in [3.63, 3.8) is 0 Å². The van der Waals surface area contributed by atoms with E-state index in [9.17, 15) is 5.11 Å². The minimum atomic E-state index is -0.181. The number of anilines is 2. The highest BCUT2D eigenvalue weighted by molar-refractivity contribution is 6.35. The maximum absolute atomic E-state index is 10.0. The number of aliphatic hydroxyl groups excluding tert-OH is 1. The summed E-state index contributed by atoms with van der Waals surface area (Å²) in [4.78, 5) is 18.0. The molecule has 3 rings (SSSR count). The number of nitrogens with zero attached hydrogens (tertiary/aromatic N) is 5. The Hall–Kier alpha value is -1.96. The molecular formula is C21H31ClN6O. The largest absolute Gasteiger partial charge is 0.390 e. The van der Waals surface area contributed by atoms with Crippen LogP contribution in [-0.2, 0) is 6.61 Å². The summed E-state index contributed by atoms with van der Waals surface area (Å²) in [5, 5.41) is 10.5. The average Bonchev–Trinajstić information content (AvgIpc) is 2.68. The van der Waals surface area contributed by atoms with Crippen molar-refractivity contribution in [2.24, 2.45) is 11.1 Å². The zero-order valence-corrected chi connectivity index (χ0v) is 18.7. The molecule has 1 atom stereocenters. The SMILES string of the molecule is Cc1nc(N2CCC(C)(C(C)N)CC2)c(CO)nc1-c1ccnc(N(C)C)c1Cl. The molecular weight excluding hydrogens is 388 g/mol. The molecule has 2 aromatic heterocycles. The van der Waals surface area contributed by atoms with E-state index in [1.54, 1.807) is 6.20 Å². The molecule has 158 valence electrons. The summed E-state index contributed by atoms with van der Waals surface area (Å²) in [7, 11) is 3.79. The minimum Gasteiger partial charge on any atom is -0.390 e. The highest BCUT2D eigenvalue weighted by atomic mass is 35.5. The highest BCUT2D eigenvalue weighted by Gasteiger charge is 2.34. The van der Waals surface area contributed by atoms with E-state index in [0.717, 1.165) is 43.0 Å². The van der Waals surface area contributed by atoms with E-state index in [4.69, 9.17) is 27.3 Å². The normalized spacial score (nSPS) is 17.3. The molecule has 1 unspecified atom stereocenters. The summed E-state index contributed by atoms with van der Waals surface area (Å²) in [6, 6.07) is 1.99. The van der Waals surface area contributed by atoms with Gasteiger partial charge in [-0.15, -0.1) is 0 Å². The topological polar surface area (TPSA) is 91.4 Å². The van der Waals surface area contributed by atoms with Crippen LogP contribution in [0.15, 0.2) is 12.3 Å². The van der Waals surface area contributed by atoms with Gasteiger partial charge in [0.25, 0.3) is 0 Å². The molecule has 0 amide bonds. The lowest BCUT2D eigenvalue weighted by atomic mass is 9.75. The van der Waals surface area contributed by atoms with Crippen molar-refractivity contribution in [3.05, 3.63) is 28.7 Å². The minimum absolute atomic E-state index is 0.130. The number of nitrogens with two attached hydrogens (primary N) is 1. The fraction of sp³-hybridized carbons (Fsp3) is 0.571. The number of halogens is 1. The third-order valence-corrected chi connectivity index (χ3v) is 6.50. The van der Waals surface area contributed by atoms with Crippen LogP contribution in [0.5, 0.6) is 0 Å². The Kier molecular flexibility index (Phi) is 6.31. The Morgan fingerprint density at radius 2 is 1.97 bits per heavy atom. The van der Waals surface area contributed by atoms with Crippen LogP contribution < -0.4 is 15.5 Å². The summed E-state index contributed by atoms with van der Waals surface area (Å²) in [6.45, 7) is 7.76. The summed E-state index contributed by atoms with van der Waals surface area (Å²) < 4.78 is 0. The van der Waals surface area contributed by atoms with Crippen LogP contribution in [0.1, 0.15) is 38.1 Å². The van der Waals surface area contributed by atoms with Crippen molar-refractivity contribution < 1.29 is 5.11 Å². The molecule has 0 aromatic carbocycles. The van der Waals surface area contributed by atoms with Crippen LogP contribution in [0.2, 0.25) is 5.02 Å². The number of aromatic nitrogens is 3. The Morgan fingerprint density at radius 3 is 2.52 bits per heavy atom. The fourth-order valence-corrected chi connectivity index (χ4v) is 4.14. The molecule has 3 N–H and O–H groups in total. The molecule has 29 heavy (non-hydrogen) atoms. The van der Waals surface area contributed by atoms with Gasteiger partial charge in [0.05, 0.1) is 23.0 Å². The number of aliphatic hydroxyl groups is 1. The molecule has 0 saturated carbocycles. The van der Waals surface area contributed by atoms with Gasteiger partial charge in [0.2, 0.25) is 0 Å². The van der Waals surface area contributed by atoms with Crippen LogP contribution >= 0.6 is 11.6 Å². The number of rotatable bonds is 5. The molecule has 3 heterocycles. The van der Waals surface area contributed by atoms with Crippen LogP contribution in [0.25, 0.3) is 11.3 Å². The van der Waals surface area contributed by atoms with Crippen molar-refractivity contribution in [2.45, 2.75) is 46.3 Å². The van der Waals surface area contributed by atoms with E-state index in [1.807, 2.05) is 32.0 Å². The monoisotopic (exact) mass is 418 g/mol. The average molecular weight is 419 g/mol. The summed E-state index contributed by atoms with van der Waals surface area (Å²) in [6.07, 6.45) is 3.68. The van der Waals surface area contributed by atoms with Gasteiger partial charge in [-0.05, 0) is 38.2 Å². The van der Waals surface area contributed by atoms with Crippen molar-refractivity contribution in [1.29, 1.82) is 0 Å². The van der Waals surface area contributed by atoms with Gasteiger partial charge >= 0.3 is 0 Å². The van der Waals surface area contributed by atoms with Gasteiger partial charge in [-0.25, -0.2) is 15.0 Å². The van der Waals surface area contributed by atoms with Gasteiger partial charge in [0.1, 0.15) is 11.5 Å². The van der Waals surface area contributed by atoms with Gasteiger partial charge in [-0.1, -0.05) is 18.5 Å². The molecule has 8 heteroatoms. The molecule has 1 aliphatic rings. The quantitative estimate of drug-likeness (QED) is 0.770. The Bertz CT molecular complexity index is 878. The lowest BCUT2D eigenvalue weighted by Gasteiger charge is -2.42. The van der Waals surface area contributed by atoms with Crippen molar-refractivity contribution >= 4 is 23.2 Å². The zero-order valence-electron chi connectivity index (χ0n) is 17.9. The third kappa shape index (κ3) is 4.17. The first-order valence-corrected chi connectivity index (χ1v) is 10.4. The predicted molar refractivity (Wildman–Crippen MR) is 118 cm³/mol. The first-order chi connectivity index (χ1) is 13.7. The van der Waals surface area contributed by atoms with Crippen molar-refractivity contribution in [1.82, 2.24) is 15.0 Å². The highest BCUT2D eigenvalue weighted by Crippen LogP contribution is 2.37. The molecule has 7 nitrogen and oxygen atoms in total. The van der Waals surface area contributed by atoms with Crippen LogP contribution in [0.4, 0.5) is 11.6 Å². The maximum atomic E-state index is 10.0. The van der Waals surface area contributed by atoms with Gasteiger partial charge < -0.3 is 20.6 Å². The maximum Gasteiger partial charge on any atom is 0.153 e.